The van der Waals surface area contributed by atoms with Gasteiger partial charge in [0, 0.05) is 48.9 Å². The van der Waals surface area contributed by atoms with Gasteiger partial charge in [-0.25, -0.2) is 18.0 Å². The summed E-state index contributed by atoms with van der Waals surface area (Å²) in [4.78, 5) is 12.2. The van der Waals surface area contributed by atoms with Gasteiger partial charge in [0.05, 0.1) is 12.2 Å². The third-order valence-corrected chi connectivity index (χ3v) is 5.24. The zero-order valence-electron chi connectivity index (χ0n) is 16.3. The van der Waals surface area contributed by atoms with E-state index in [0.29, 0.717) is 19.0 Å². The molecule has 1 saturated carbocycles. The first kappa shape index (κ1) is 20.3. The highest BCUT2D eigenvalue weighted by Crippen LogP contribution is 2.44. The lowest BCUT2D eigenvalue weighted by molar-refractivity contribution is -0.0465. The highest BCUT2D eigenvalue weighted by Gasteiger charge is 2.55. The Morgan fingerprint density at radius 2 is 2.17 bits per heavy atom. The van der Waals surface area contributed by atoms with Crippen LogP contribution < -0.4 is 10.6 Å². The first-order valence-corrected chi connectivity index (χ1v) is 9.67. The maximum absolute atomic E-state index is 14.9. The Labute approximate surface area is 171 Å². The molecule has 1 fully saturated rings. The maximum Gasteiger partial charge on any atom is 0.320 e. The number of nitrogens with one attached hydrogen (secondary N) is 2. The minimum atomic E-state index is -3.45. The van der Waals surface area contributed by atoms with Gasteiger partial charge in [0.25, 0.3) is 5.92 Å². The van der Waals surface area contributed by atoms with Gasteiger partial charge in [0.1, 0.15) is 5.82 Å². The molecule has 1 aromatic carbocycles. The van der Waals surface area contributed by atoms with Crippen LogP contribution in [-0.4, -0.2) is 33.4 Å². The van der Waals surface area contributed by atoms with Crippen LogP contribution in [0.3, 0.4) is 0 Å². The molecule has 0 spiro atoms. The Hall–Kier alpha value is -2.99. The van der Waals surface area contributed by atoms with Crippen molar-refractivity contribution in [2.75, 3.05) is 11.9 Å². The Morgan fingerprint density at radius 3 is 2.83 bits per heavy atom. The van der Waals surface area contributed by atoms with Crippen molar-refractivity contribution >= 4 is 11.7 Å². The predicted molar refractivity (Wildman–Crippen MR) is 103 cm³/mol. The van der Waals surface area contributed by atoms with Crippen LogP contribution >= 0.6 is 0 Å². The molecule has 9 heteroatoms. The van der Waals surface area contributed by atoms with Gasteiger partial charge in [-0.2, -0.15) is 5.10 Å². The number of aliphatic hydroxyl groups excluding tert-OH is 1. The number of urea groups is 1. The number of benzene rings is 1. The van der Waals surface area contributed by atoms with Gasteiger partial charge in [-0.05, 0) is 31.0 Å². The van der Waals surface area contributed by atoms with E-state index in [4.69, 9.17) is 5.11 Å². The fraction of sp³-hybridized carbons (Fsp3) is 0.429. The number of aromatic nitrogens is 2. The van der Waals surface area contributed by atoms with Crippen molar-refractivity contribution < 1.29 is 23.1 Å². The van der Waals surface area contributed by atoms with E-state index in [2.05, 4.69) is 27.6 Å². The topological polar surface area (TPSA) is 79.2 Å². The standard InChI is InChI=1S/C21H21F3N4O2/c1-20(23,24)21(7-4-13-2-3-13)16-11-17(22)14(10-18(16)25-19(30)26-21)12-28-8-5-15(27-28)6-9-29/h5,8,10-11,13,29H,2-3,6,9,12H2,1H3,(H2,25,26,30)/t21-/m0/s1. The lowest BCUT2D eigenvalue weighted by Gasteiger charge is -2.40. The molecule has 158 valence electrons. The molecule has 2 amide bonds. The van der Waals surface area contributed by atoms with Gasteiger partial charge in [-0.1, -0.05) is 11.8 Å². The van der Waals surface area contributed by atoms with Crippen molar-refractivity contribution in [3.63, 3.8) is 0 Å². The summed E-state index contributed by atoms with van der Waals surface area (Å²) in [6.07, 6.45) is 3.66. The smallest absolute Gasteiger partial charge is 0.320 e. The lowest BCUT2D eigenvalue weighted by Crippen LogP contribution is -2.59. The number of nitrogens with zero attached hydrogens (tertiary/aromatic N) is 2. The third-order valence-electron chi connectivity index (χ3n) is 5.24. The van der Waals surface area contributed by atoms with Crippen molar-refractivity contribution in [2.45, 2.75) is 44.2 Å². The van der Waals surface area contributed by atoms with Crippen LogP contribution in [0, 0.1) is 23.6 Å². The molecule has 3 N–H and O–H groups in total. The summed E-state index contributed by atoms with van der Waals surface area (Å²) in [5, 5.41) is 18.0. The molecule has 1 aliphatic carbocycles. The van der Waals surface area contributed by atoms with Gasteiger partial charge in [-0.15, -0.1) is 0 Å². The minimum absolute atomic E-state index is 0.0246. The molecule has 30 heavy (non-hydrogen) atoms. The Morgan fingerprint density at radius 1 is 1.40 bits per heavy atom. The second-order valence-corrected chi connectivity index (χ2v) is 7.73. The largest absolute Gasteiger partial charge is 0.396 e. The van der Waals surface area contributed by atoms with Gasteiger partial charge < -0.3 is 15.7 Å². The monoisotopic (exact) mass is 418 g/mol. The second kappa shape index (κ2) is 7.36. The van der Waals surface area contributed by atoms with Crippen LogP contribution in [0.5, 0.6) is 0 Å². The van der Waals surface area contributed by atoms with E-state index < -0.39 is 23.3 Å². The summed E-state index contributed by atoms with van der Waals surface area (Å²) in [5.74, 6) is 1.23. The van der Waals surface area contributed by atoms with Crippen molar-refractivity contribution in [3.8, 4) is 11.8 Å². The number of aliphatic hydroxyl groups is 1. The molecule has 2 heterocycles. The molecule has 1 atom stereocenters. The van der Waals surface area contributed by atoms with Crippen LogP contribution in [0.25, 0.3) is 0 Å². The number of hydrogen-bond acceptors (Lipinski definition) is 3. The fourth-order valence-electron chi connectivity index (χ4n) is 3.45. The molecule has 2 aliphatic rings. The van der Waals surface area contributed by atoms with E-state index in [0.717, 1.165) is 18.9 Å². The van der Waals surface area contributed by atoms with Gasteiger partial charge in [-0.3, -0.25) is 4.68 Å². The van der Waals surface area contributed by atoms with E-state index in [9.17, 15) is 18.0 Å². The predicted octanol–water partition coefficient (Wildman–Crippen LogP) is 3.00. The molecule has 2 aromatic rings. The number of hydrogen-bond donors (Lipinski definition) is 3. The van der Waals surface area contributed by atoms with E-state index in [-0.39, 0.29) is 35.9 Å². The first-order valence-electron chi connectivity index (χ1n) is 9.67. The number of amides is 2. The Kier molecular flexibility index (Phi) is 4.98. The van der Waals surface area contributed by atoms with Crippen molar-refractivity contribution in [3.05, 3.63) is 47.0 Å². The SMILES string of the molecule is CC(F)(F)[C@@]1(C#CC2CC2)NC(=O)Nc2cc(Cn3ccc(CCO)n3)c(F)cc21. The van der Waals surface area contributed by atoms with E-state index >= 15 is 0 Å². The number of carbonyl (C=O) groups is 1. The summed E-state index contributed by atoms with van der Waals surface area (Å²) in [5.41, 5.74) is -1.51. The quantitative estimate of drug-likeness (QED) is 0.654. The average molecular weight is 418 g/mol. The first-order chi connectivity index (χ1) is 14.2. The highest BCUT2D eigenvalue weighted by atomic mass is 19.3. The van der Waals surface area contributed by atoms with E-state index in [1.807, 2.05) is 0 Å². The van der Waals surface area contributed by atoms with Crippen molar-refractivity contribution in [1.29, 1.82) is 0 Å². The maximum atomic E-state index is 14.9. The average Bonchev–Trinajstić information content (AvgIpc) is 3.39. The third kappa shape index (κ3) is 3.75. The molecule has 1 aliphatic heterocycles. The molecule has 0 bridgehead atoms. The summed E-state index contributed by atoms with van der Waals surface area (Å²) < 4.78 is 45.9. The number of fused-ring (bicyclic) bond motifs is 1. The van der Waals surface area contributed by atoms with Crippen LogP contribution in [-0.2, 0) is 18.5 Å². The van der Waals surface area contributed by atoms with E-state index in [1.54, 1.807) is 12.3 Å². The zero-order valence-corrected chi connectivity index (χ0v) is 16.3. The molecule has 6 nitrogen and oxygen atoms in total. The second-order valence-electron chi connectivity index (χ2n) is 7.73. The highest BCUT2D eigenvalue weighted by molar-refractivity contribution is 5.95. The number of alkyl halides is 2. The van der Waals surface area contributed by atoms with Gasteiger partial charge >= 0.3 is 6.03 Å². The molecular weight excluding hydrogens is 397 g/mol. The van der Waals surface area contributed by atoms with Crippen LogP contribution in [0.4, 0.5) is 23.7 Å². The molecule has 0 radical (unpaired) electrons. The molecule has 0 unspecified atom stereocenters. The van der Waals surface area contributed by atoms with Crippen LogP contribution in [0.15, 0.2) is 24.4 Å². The molecule has 4 rings (SSSR count). The summed E-state index contributed by atoms with van der Waals surface area (Å²) in [6, 6.07) is 3.23. The normalized spacial score (nSPS) is 20.6. The summed E-state index contributed by atoms with van der Waals surface area (Å²) >= 11 is 0. The van der Waals surface area contributed by atoms with Gasteiger partial charge in [0.2, 0.25) is 0 Å². The number of carbonyl (C=O) groups excluding carboxylic acids is 1. The van der Waals surface area contributed by atoms with Gasteiger partial charge in [0.15, 0.2) is 5.54 Å². The fourth-order valence-corrected chi connectivity index (χ4v) is 3.45. The van der Waals surface area contributed by atoms with Crippen LogP contribution in [0.2, 0.25) is 0 Å². The van der Waals surface area contributed by atoms with Crippen molar-refractivity contribution in [2.24, 2.45) is 5.92 Å². The summed E-state index contributed by atoms with van der Waals surface area (Å²) in [6.45, 7) is 0.651. The lowest BCUT2D eigenvalue weighted by atomic mass is 9.81. The number of anilines is 1. The van der Waals surface area contributed by atoms with Crippen molar-refractivity contribution in [1.82, 2.24) is 15.1 Å². The summed E-state index contributed by atoms with van der Waals surface area (Å²) in [7, 11) is 0. The number of halogens is 3. The minimum Gasteiger partial charge on any atom is -0.396 e. The number of rotatable bonds is 5. The zero-order chi connectivity index (χ0) is 21.5. The molecular formula is C21H21F3N4O2. The Bertz CT molecular complexity index is 1050. The molecule has 0 saturated heterocycles. The Balaban J connectivity index is 1.75. The molecule has 1 aromatic heterocycles. The van der Waals surface area contributed by atoms with E-state index in [1.165, 1.54) is 10.7 Å². The van der Waals surface area contributed by atoms with Crippen LogP contribution in [0.1, 0.15) is 36.6 Å².